The molecule has 2 aromatic rings. The number of aryl methyl sites for hydroxylation is 2. The van der Waals surface area contributed by atoms with Gasteiger partial charge in [-0.05, 0) is 25.8 Å². The second-order valence-corrected chi connectivity index (χ2v) is 6.13. The van der Waals surface area contributed by atoms with Crippen LogP contribution in [0.4, 0.5) is 0 Å². The van der Waals surface area contributed by atoms with Gasteiger partial charge in [0.25, 0.3) is 5.91 Å². The van der Waals surface area contributed by atoms with Crippen LogP contribution >= 0.6 is 0 Å². The van der Waals surface area contributed by atoms with Crippen LogP contribution in [-0.2, 0) is 19.4 Å². The smallest absolute Gasteiger partial charge is 0.254 e. The quantitative estimate of drug-likeness (QED) is 0.844. The number of rotatable bonds is 6. The Hall–Kier alpha value is -2.15. The van der Waals surface area contributed by atoms with E-state index in [2.05, 4.69) is 20.9 Å². The first kappa shape index (κ1) is 16.7. The number of carbonyl (C=O) groups excluding carboxylic acids is 1. The maximum absolute atomic E-state index is 12.4. The Morgan fingerprint density at radius 1 is 1.46 bits per heavy atom. The van der Waals surface area contributed by atoms with Crippen molar-refractivity contribution in [1.29, 1.82) is 0 Å². The first-order chi connectivity index (χ1) is 11.7. The van der Waals surface area contributed by atoms with E-state index in [-0.39, 0.29) is 5.91 Å². The standard InChI is InChI=1S/C17H25N5O2/c1-3-15-14(16(4-2)24-21-15)10-19-17(23)12-8-20-22(11-12)13-6-5-7-18-9-13/h8,11,13,18H,3-7,9-10H2,1-2H3,(H,19,23). The molecule has 2 N–H and O–H groups in total. The lowest BCUT2D eigenvalue weighted by Gasteiger charge is -2.22. The molecule has 7 heteroatoms. The highest BCUT2D eigenvalue weighted by Crippen LogP contribution is 2.17. The van der Waals surface area contributed by atoms with Gasteiger partial charge in [-0.25, -0.2) is 0 Å². The fraction of sp³-hybridized carbons (Fsp3) is 0.588. The molecular weight excluding hydrogens is 306 g/mol. The summed E-state index contributed by atoms with van der Waals surface area (Å²) < 4.78 is 7.23. The molecule has 24 heavy (non-hydrogen) atoms. The minimum atomic E-state index is -0.115. The number of aromatic nitrogens is 3. The molecular formula is C17H25N5O2. The summed E-state index contributed by atoms with van der Waals surface area (Å²) in [6.45, 7) is 6.45. The summed E-state index contributed by atoms with van der Waals surface area (Å²) in [5.74, 6) is 0.728. The average Bonchev–Trinajstić information content (AvgIpc) is 3.27. The number of hydrogen-bond donors (Lipinski definition) is 2. The summed E-state index contributed by atoms with van der Waals surface area (Å²) in [6, 6.07) is 0.330. The Labute approximate surface area is 141 Å². The predicted octanol–water partition coefficient (Wildman–Crippen LogP) is 1.85. The Morgan fingerprint density at radius 3 is 3.04 bits per heavy atom. The van der Waals surface area contributed by atoms with Crippen molar-refractivity contribution in [3.8, 4) is 0 Å². The SMILES string of the molecule is CCc1noc(CC)c1CNC(=O)c1cnn(C2CCCNC2)c1. The zero-order valence-corrected chi connectivity index (χ0v) is 14.3. The van der Waals surface area contributed by atoms with Gasteiger partial charge in [-0.2, -0.15) is 5.10 Å². The number of nitrogens with one attached hydrogen (secondary N) is 2. The first-order valence-electron chi connectivity index (χ1n) is 8.72. The highest BCUT2D eigenvalue weighted by atomic mass is 16.5. The van der Waals surface area contributed by atoms with Gasteiger partial charge in [0.15, 0.2) is 0 Å². The molecule has 1 saturated heterocycles. The molecule has 0 bridgehead atoms. The second-order valence-electron chi connectivity index (χ2n) is 6.13. The van der Waals surface area contributed by atoms with E-state index in [1.165, 1.54) is 0 Å². The van der Waals surface area contributed by atoms with Crippen molar-refractivity contribution in [3.05, 3.63) is 35.0 Å². The Bertz CT molecular complexity index is 663. The van der Waals surface area contributed by atoms with Crippen LogP contribution in [0.15, 0.2) is 16.9 Å². The van der Waals surface area contributed by atoms with Crippen molar-refractivity contribution >= 4 is 5.91 Å². The third-order valence-electron chi connectivity index (χ3n) is 4.54. The van der Waals surface area contributed by atoms with E-state index in [0.29, 0.717) is 18.2 Å². The molecule has 0 aliphatic carbocycles. The van der Waals surface area contributed by atoms with E-state index in [9.17, 15) is 4.79 Å². The van der Waals surface area contributed by atoms with Crippen LogP contribution < -0.4 is 10.6 Å². The van der Waals surface area contributed by atoms with Crippen molar-refractivity contribution in [1.82, 2.24) is 25.6 Å². The van der Waals surface area contributed by atoms with E-state index >= 15 is 0 Å². The third-order valence-corrected chi connectivity index (χ3v) is 4.54. The predicted molar refractivity (Wildman–Crippen MR) is 89.8 cm³/mol. The largest absolute Gasteiger partial charge is 0.361 e. The van der Waals surface area contributed by atoms with Crippen molar-refractivity contribution in [2.75, 3.05) is 13.1 Å². The Morgan fingerprint density at radius 2 is 2.33 bits per heavy atom. The van der Waals surface area contributed by atoms with Crippen molar-refractivity contribution in [2.45, 2.75) is 52.1 Å². The average molecular weight is 331 g/mol. The topological polar surface area (TPSA) is 85.0 Å². The fourth-order valence-corrected chi connectivity index (χ4v) is 3.12. The second kappa shape index (κ2) is 7.61. The monoisotopic (exact) mass is 331 g/mol. The lowest BCUT2D eigenvalue weighted by Crippen LogP contribution is -2.31. The summed E-state index contributed by atoms with van der Waals surface area (Å²) in [7, 11) is 0. The molecule has 0 radical (unpaired) electrons. The molecule has 1 amide bonds. The maximum Gasteiger partial charge on any atom is 0.254 e. The van der Waals surface area contributed by atoms with Crippen LogP contribution in [-0.4, -0.2) is 33.9 Å². The molecule has 7 nitrogen and oxygen atoms in total. The molecule has 1 aliphatic heterocycles. The molecule has 2 aromatic heterocycles. The van der Waals surface area contributed by atoms with Gasteiger partial charge in [-0.1, -0.05) is 19.0 Å². The van der Waals surface area contributed by atoms with Gasteiger partial charge in [0.2, 0.25) is 0 Å². The van der Waals surface area contributed by atoms with Gasteiger partial charge in [0.1, 0.15) is 5.76 Å². The highest BCUT2D eigenvalue weighted by Gasteiger charge is 2.18. The van der Waals surface area contributed by atoms with E-state index in [1.54, 1.807) is 6.20 Å². The minimum absolute atomic E-state index is 0.115. The van der Waals surface area contributed by atoms with Gasteiger partial charge >= 0.3 is 0 Å². The molecule has 130 valence electrons. The van der Waals surface area contributed by atoms with E-state index in [0.717, 1.165) is 55.8 Å². The summed E-state index contributed by atoms with van der Waals surface area (Å²) >= 11 is 0. The summed E-state index contributed by atoms with van der Waals surface area (Å²) in [6.07, 6.45) is 7.27. The zero-order valence-electron chi connectivity index (χ0n) is 14.3. The molecule has 0 aromatic carbocycles. The van der Waals surface area contributed by atoms with Gasteiger partial charge in [0.05, 0.1) is 23.5 Å². The van der Waals surface area contributed by atoms with Gasteiger partial charge < -0.3 is 15.2 Å². The maximum atomic E-state index is 12.4. The minimum Gasteiger partial charge on any atom is -0.361 e. The van der Waals surface area contributed by atoms with Crippen LogP contribution in [0.3, 0.4) is 0 Å². The van der Waals surface area contributed by atoms with Crippen LogP contribution in [0.1, 0.15) is 60.1 Å². The number of hydrogen-bond acceptors (Lipinski definition) is 5. The van der Waals surface area contributed by atoms with Crippen molar-refractivity contribution in [3.63, 3.8) is 0 Å². The van der Waals surface area contributed by atoms with Crippen LogP contribution in [0.25, 0.3) is 0 Å². The third kappa shape index (κ3) is 3.51. The van der Waals surface area contributed by atoms with Crippen LogP contribution in [0, 0.1) is 0 Å². The lowest BCUT2D eigenvalue weighted by molar-refractivity contribution is 0.0950. The van der Waals surface area contributed by atoms with Crippen molar-refractivity contribution in [2.24, 2.45) is 0 Å². The number of nitrogens with zero attached hydrogens (tertiary/aromatic N) is 3. The zero-order chi connectivity index (χ0) is 16.9. The normalized spacial score (nSPS) is 17.8. The van der Waals surface area contributed by atoms with E-state index in [4.69, 9.17) is 4.52 Å². The molecule has 1 atom stereocenters. The van der Waals surface area contributed by atoms with Crippen LogP contribution in [0.5, 0.6) is 0 Å². The fourth-order valence-electron chi connectivity index (χ4n) is 3.12. The molecule has 1 aliphatic rings. The number of piperidine rings is 1. The Balaban J connectivity index is 1.63. The summed E-state index contributed by atoms with van der Waals surface area (Å²) in [4.78, 5) is 12.4. The first-order valence-corrected chi connectivity index (χ1v) is 8.72. The lowest BCUT2D eigenvalue weighted by atomic mass is 10.1. The number of amides is 1. The molecule has 1 fully saturated rings. The molecule has 0 spiro atoms. The highest BCUT2D eigenvalue weighted by molar-refractivity contribution is 5.93. The molecule has 3 rings (SSSR count). The molecule has 1 unspecified atom stereocenters. The van der Waals surface area contributed by atoms with Crippen molar-refractivity contribution < 1.29 is 9.32 Å². The van der Waals surface area contributed by atoms with E-state index in [1.807, 2.05) is 24.7 Å². The summed E-state index contributed by atoms with van der Waals surface area (Å²) in [5.41, 5.74) is 2.50. The molecule has 3 heterocycles. The van der Waals surface area contributed by atoms with Gasteiger partial charge in [0, 0.05) is 31.3 Å². The van der Waals surface area contributed by atoms with Gasteiger partial charge in [-0.15, -0.1) is 0 Å². The number of carbonyl (C=O) groups is 1. The van der Waals surface area contributed by atoms with E-state index < -0.39 is 0 Å². The summed E-state index contributed by atoms with van der Waals surface area (Å²) in [5, 5.41) is 14.8. The Kier molecular flexibility index (Phi) is 5.30. The van der Waals surface area contributed by atoms with Crippen LogP contribution in [0.2, 0.25) is 0 Å². The van der Waals surface area contributed by atoms with Gasteiger partial charge in [-0.3, -0.25) is 9.48 Å². The molecule has 0 saturated carbocycles.